The van der Waals surface area contributed by atoms with Crippen LogP contribution in [0.2, 0.25) is 0 Å². The van der Waals surface area contributed by atoms with E-state index in [2.05, 4.69) is 21.2 Å². The Bertz CT molecular complexity index is 2140. The van der Waals surface area contributed by atoms with E-state index in [-0.39, 0.29) is 11.5 Å². The van der Waals surface area contributed by atoms with Crippen LogP contribution in [-0.4, -0.2) is 17.6 Å². The predicted molar refractivity (Wildman–Crippen MR) is 178 cm³/mol. The molecule has 0 aliphatic carbocycles. The zero-order valence-corrected chi connectivity index (χ0v) is 27.3. The van der Waals surface area contributed by atoms with Crippen molar-refractivity contribution in [3.8, 4) is 17.1 Å². The summed E-state index contributed by atoms with van der Waals surface area (Å²) in [6, 6.07) is 22.4. The molecule has 1 aliphatic rings. The molecule has 9 heteroatoms. The maximum absolute atomic E-state index is 14.1. The molecule has 7 nitrogen and oxygen atoms in total. The first-order valence-corrected chi connectivity index (χ1v) is 15.7. The van der Waals surface area contributed by atoms with E-state index in [0.29, 0.717) is 43.6 Å². The van der Waals surface area contributed by atoms with Crippen LogP contribution < -0.4 is 24.9 Å². The first kappa shape index (κ1) is 29.6. The molecule has 3 heterocycles. The highest BCUT2D eigenvalue weighted by molar-refractivity contribution is 9.10. The number of carbonyl (C=O) groups excluding carboxylic acids is 1. The number of carbonyl (C=O) groups is 1. The summed E-state index contributed by atoms with van der Waals surface area (Å²) in [7, 11) is 1.60. The van der Waals surface area contributed by atoms with E-state index in [0.717, 1.165) is 32.3 Å². The van der Waals surface area contributed by atoms with Gasteiger partial charge in [-0.05, 0) is 86.8 Å². The number of hydrogen-bond donors (Lipinski definition) is 1. The summed E-state index contributed by atoms with van der Waals surface area (Å²) in [6.45, 7) is 7.80. The van der Waals surface area contributed by atoms with E-state index in [1.165, 1.54) is 11.3 Å². The van der Waals surface area contributed by atoms with Gasteiger partial charge in [0.25, 0.3) is 11.5 Å². The second-order valence-corrected chi connectivity index (χ2v) is 12.7. The van der Waals surface area contributed by atoms with Crippen molar-refractivity contribution in [2.45, 2.75) is 33.7 Å². The van der Waals surface area contributed by atoms with Gasteiger partial charge in [-0.1, -0.05) is 63.2 Å². The summed E-state index contributed by atoms with van der Waals surface area (Å²) in [5, 5.41) is 3.06. The number of fused-ring (bicyclic) bond motifs is 1. The molecule has 1 N–H and O–H groups in total. The number of allylic oxidation sites excluding steroid dienone is 1. The van der Waals surface area contributed by atoms with Gasteiger partial charge in [0.2, 0.25) is 0 Å². The summed E-state index contributed by atoms with van der Waals surface area (Å²) in [6.07, 6.45) is 1.73. The third kappa shape index (κ3) is 5.60. The van der Waals surface area contributed by atoms with E-state index in [4.69, 9.17) is 14.1 Å². The molecular weight excluding hydrogens is 638 g/mol. The number of benzene rings is 3. The van der Waals surface area contributed by atoms with E-state index in [1.807, 2.05) is 100 Å². The molecule has 0 spiro atoms. The molecule has 222 valence electrons. The molecule has 0 unspecified atom stereocenters. The van der Waals surface area contributed by atoms with E-state index >= 15 is 0 Å². The molecule has 1 amide bonds. The van der Waals surface area contributed by atoms with Crippen molar-refractivity contribution in [3.05, 3.63) is 136 Å². The number of rotatable bonds is 6. The van der Waals surface area contributed by atoms with Crippen molar-refractivity contribution < 1.29 is 13.9 Å². The molecule has 1 aliphatic heterocycles. The molecule has 44 heavy (non-hydrogen) atoms. The van der Waals surface area contributed by atoms with Crippen LogP contribution in [0.15, 0.2) is 103 Å². The predicted octanol–water partition coefficient (Wildman–Crippen LogP) is 6.83. The largest absolute Gasteiger partial charge is 0.497 e. The Balaban J connectivity index is 1.45. The Hall–Kier alpha value is -4.47. The van der Waals surface area contributed by atoms with Crippen molar-refractivity contribution in [1.29, 1.82) is 0 Å². The molecular formula is C35H30BrN3O4S. The Morgan fingerprint density at radius 1 is 1.00 bits per heavy atom. The normalized spacial score (nSPS) is 14.8. The van der Waals surface area contributed by atoms with Crippen LogP contribution in [0.25, 0.3) is 17.4 Å². The van der Waals surface area contributed by atoms with E-state index in [1.54, 1.807) is 17.8 Å². The Morgan fingerprint density at radius 3 is 2.43 bits per heavy atom. The number of nitrogens with zero attached hydrogens (tertiary/aromatic N) is 2. The van der Waals surface area contributed by atoms with Crippen molar-refractivity contribution in [1.82, 2.24) is 4.57 Å². The quantitative estimate of drug-likeness (QED) is 0.215. The van der Waals surface area contributed by atoms with Crippen molar-refractivity contribution in [2.24, 2.45) is 4.99 Å². The molecule has 0 radical (unpaired) electrons. The third-order valence-corrected chi connectivity index (χ3v) is 9.26. The molecule has 1 atom stereocenters. The zero-order valence-electron chi connectivity index (χ0n) is 24.9. The Kier molecular flexibility index (Phi) is 8.00. The number of anilines is 1. The molecule has 0 saturated carbocycles. The summed E-state index contributed by atoms with van der Waals surface area (Å²) in [5.41, 5.74) is 6.28. The fourth-order valence-electron chi connectivity index (χ4n) is 5.38. The van der Waals surface area contributed by atoms with Gasteiger partial charge in [0.1, 0.15) is 17.3 Å². The van der Waals surface area contributed by atoms with Gasteiger partial charge in [0.15, 0.2) is 4.80 Å². The molecule has 3 aromatic carbocycles. The van der Waals surface area contributed by atoms with Gasteiger partial charge >= 0.3 is 0 Å². The lowest BCUT2D eigenvalue weighted by Crippen LogP contribution is -2.40. The third-order valence-electron chi connectivity index (χ3n) is 7.62. The van der Waals surface area contributed by atoms with Crippen LogP contribution in [0.4, 0.5) is 5.69 Å². The van der Waals surface area contributed by atoms with E-state index < -0.39 is 6.04 Å². The number of ether oxygens (including phenoxy) is 1. The lowest BCUT2D eigenvalue weighted by molar-refractivity contribution is -0.113. The van der Waals surface area contributed by atoms with Crippen molar-refractivity contribution in [2.75, 3.05) is 12.4 Å². The van der Waals surface area contributed by atoms with Gasteiger partial charge in [0.05, 0.1) is 29.0 Å². The number of thiazole rings is 1. The van der Waals surface area contributed by atoms with Gasteiger partial charge in [-0.2, -0.15) is 0 Å². The van der Waals surface area contributed by atoms with Gasteiger partial charge in [-0.25, -0.2) is 4.99 Å². The molecule has 2 aromatic heterocycles. The van der Waals surface area contributed by atoms with Gasteiger partial charge in [0, 0.05) is 21.8 Å². The molecule has 6 rings (SSSR count). The maximum Gasteiger partial charge on any atom is 0.271 e. The second kappa shape index (κ2) is 11.9. The second-order valence-electron chi connectivity index (χ2n) is 10.8. The molecule has 0 bridgehead atoms. The number of hydrogen-bond acceptors (Lipinski definition) is 6. The molecule has 5 aromatic rings. The highest BCUT2D eigenvalue weighted by Gasteiger charge is 2.32. The Labute approximate surface area is 267 Å². The maximum atomic E-state index is 14.1. The number of methoxy groups -OCH3 is 1. The van der Waals surface area contributed by atoms with Crippen LogP contribution in [0.1, 0.15) is 41.0 Å². The fraction of sp³-hybridized carbons (Fsp3) is 0.171. The van der Waals surface area contributed by atoms with Crippen LogP contribution in [-0.2, 0) is 4.79 Å². The van der Waals surface area contributed by atoms with Gasteiger partial charge < -0.3 is 14.5 Å². The van der Waals surface area contributed by atoms with Crippen molar-refractivity contribution in [3.63, 3.8) is 0 Å². The lowest BCUT2D eigenvalue weighted by atomic mass is 9.95. The number of halogens is 1. The van der Waals surface area contributed by atoms with E-state index in [9.17, 15) is 9.59 Å². The number of furan rings is 1. The first-order chi connectivity index (χ1) is 21.1. The summed E-state index contributed by atoms with van der Waals surface area (Å²) in [5.74, 6) is 1.60. The fourth-order valence-corrected chi connectivity index (χ4v) is 7.10. The van der Waals surface area contributed by atoms with Crippen LogP contribution in [0, 0.1) is 20.8 Å². The molecule has 0 fully saturated rings. The number of amides is 1. The number of aromatic nitrogens is 1. The smallest absolute Gasteiger partial charge is 0.271 e. The van der Waals surface area contributed by atoms with Crippen LogP contribution >= 0.6 is 27.3 Å². The number of nitrogens with one attached hydrogen (secondary N) is 1. The summed E-state index contributed by atoms with van der Waals surface area (Å²) < 4.78 is 14.5. The van der Waals surface area contributed by atoms with Crippen molar-refractivity contribution >= 4 is 44.9 Å². The zero-order chi connectivity index (χ0) is 31.1. The lowest BCUT2D eigenvalue weighted by Gasteiger charge is -2.25. The molecule has 0 saturated heterocycles. The highest BCUT2D eigenvalue weighted by Crippen LogP contribution is 2.33. The Morgan fingerprint density at radius 2 is 1.73 bits per heavy atom. The topological polar surface area (TPSA) is 85.8 Å². The monoisotopic (exact) mass is 667 g/mol. The highest BCUT2D eigenvalue weighted by atomic mass is 79.9. The average Bonchev–Trinajstić information content (AvgIpc) is 3.57. The average molecular weight is 669 g/mol. The SMILES string of the molecule is COc1ccc([C@H]2C(C(=O)Nc3ccc(C)cc3C)=C(C)N=c3s/c(=C\c4ccc(-c5ccc(C)cc5Br)o4)c(=O)n32)cc1. The minimum absolute atomic E-state index is 0.256. The minimum Gasteiger partial charge on any atom is -0.497 e. The first-order valence-electron chi connectivity index (χ1n) is 14.0. The van der Waals surface area contributed by atoms with Gasteiger partial charge in [-0.3, -0.25) is 14.2 Å². The van der Waals surface area contributed by atoms with Gasteiger partial charge in [-0.15, -0.1) is 0 Å². The van der Waals surface area contributed by atoms with Crippen LogP contribution in [0.5, 0.6) is 5.75 Å². The summed E-state index contributed by atoms with van der Waals surface area (Å²) >= 11 is 4.89. The number of aryl methyl sites for hydroxylation is 3. The van der Waals surface area contributed by atoms with Crippen LogP contribution in [0.3, 0.4) is 0 Å². The standard InChI is InChI=1S/C35H30BrN3O4S/c1-19-7-14-28(21(3)16-19)38-33(40)31-22(4)37-35-39(32(31)23-8-10-24(42-5)11-9-23)34(41)30(44-35)18-25-12-15-29(43-25)26-13-6-20(2)17-27(26)36/h6-18,32H,1-5H3,(H,38,40)/b30-18-/t32-/m0/s1. The minimum atomic E-state index is -0.694. The summed E-state index contributed by atoms with van der Waals surface area (Å²) in [4.78, 5) is 33.3.